The second kappa shape index (κ2) is 12.5. The molecule has 5 nitrogen and oxygen atoms in total. The standard InChI is InChI=1S/C20H14N4.C14H15N.Fe/c1-2-14-10-16-5-6-18(23-16)12-20-8-7-19(24-20)11-17-4-3-15(22-17)9-13(1)21-14;15-14-9-5-4-8-13(14)11-10-12-6-2-1-3-7-12;/h1-12,21-22H;1-9H,10-11,15H2;. The molecule has 6 heteroatoms. The zero-order chi connectivity index (χ0) is 26.4. The number of nitrogens with one attached hydrogen (secondary N) is 2. The Morgan fingerprint density at radius 2 is 0.975 bits per heavy atom. The molecule has 2 aliphatic heterocycles. The molecule has 0 aliphatic carbocycles. The molecule has 0 radical (unpaired) electrons. The van der Waals surface area contributed by atoms with Gasteiger partial charge in [-0.15, -0.1) is 0 Å². The minimum Gasteiger partial charge on any atom is -0.399 e. The summed E-state index contributed by atoms with van der Waals surface area (Å²) in [4.78, 5) is 16.0. The van der Waals surface area contributed by atoms with Gasteiger partial charge in [-0.2, -0.15) is 0 Å². The normalized spacial score (nSPS) is 11.4. The fourth-order valence-electron chi connectivity index (χ4n) is 4.63. The number of nitrogens with two attached hydrogens (primary N) is 1. The minimum atomic E-state index is 0. The van der Waals surface area contributed by atoms with E-state index in [9.17, 15) is 0 Å². The van der Waals surface area contributed by atoms with Crippen LogP contribution < -0.4 is 5.73 Å². The van der Waals surface area contributed by atoms with Gasteiger partial charge >= 0.3 is 0 Å². The van der Waals surface area contributed by atoms with Crippen molar-refractivity contribution in [1.29, 1.82) is 0 Å². The fraction of sp³-hybridized carbons (Fsp3) is 0.0588. The average Bonchev–Trinajstić information content (AvgIpc) is 3.76. The molecule has 198 valence electrons. The fourth-order valence-corrected chi connectivity index (χ4v) is 4.63. The van der Waals surface area contributed by atoms with Crippen molar-refractivity contribution in [3.63, 3.8) is 0 Å². The molecule has 3 aromatic heterocycles. The predicted octanol–water partition coefficient (Wildman–Crippen LogP) is 7.71. The van der Waals surface area contributed by atoms with Crippen molar-refractivity contribution in [1.82, 2.24) is 19.9 Å². The van der Waals surface area contributed by atoms with Gasteiger partial charge < -0.3 is 15.7 Å². The van der Waals surface area contributed by atoms with Crippen molar-refractivity contribution in [2.75, 3.05) is 5.73 Å². The van der Waals surface area contributed by atoms with Crippen LogP contribution in [-0.4, -0.2) is 19.9 Å². The van der Waals surface area contributed by atoms with E-state index in [4.69, 9.17) is 5.73 Å². The molecule has 0 unspecified atom stereocenters. The Balaban J connectivity index is 0.000000175. The Hall–Kier alpha value is -4.64. The van der Waals surface area contributed by atoms with Crippen LogP contribution in [-0.2, 0) is 29.9 Å². The van der Waals surface area contributed by atoms with Crippen LogP contribution in [0.4, 0.5) is 5.69 Å². The number of benzene rings is 2. The van der Waals surface area contributed by atoms with Gasteiger partial charge in [0.25, 0.3) is 0 Å². The number of aromatic nitrogens is 4. The van der Waals surface area contributed by atoms with Gasteiger partial charge in [0, 0.05) is 44.8 Å². The molecule has 0 saturated heterocycles. The van der Waals surface area contributed by atoms with Crippen molar-refractivity contribution < 1.29 is 17.1 Å². The third-order valence-corrected chi connectivity index (χ3v) is 6.62. The number of nitrogen functional groups attached to an aromatic ring is 1. The van der Waals surface area contributed by atoms with Crippen LogP contribution in [0.1, 0.15) is 33.9 Å². The largest absolute Gasteiger partial charge is 0.399 e. The van der Waals surface area contributed by atoms with E-state index in [0.717, 1.165) is 63.4 Å². The summed E-state index contributed by atoms with van der Waals surface area (Å²) in [6, 6.07) is 35.0. The first-order valence-corrected chi connectivity index (χ1v) is 13.1. The number of aryl methyl sites for hydroxylation is 2. The number of aromatic amines is 2. The molecule has 0 amide bonds. The third-order valence-electron chi connectivity index (χ3n) is 6.62. The zero-order valence-corrected chi connectivity index (χ0v) is 23.0. The molecule has 40 heavy (non-hydrogen) atoms. The second-order valence-corrected chi connectivity index (χ2v) is 9.59. The summed E-state index contributed by atoms with van der Waals surface area (Å²) >= 11 is 0. The topological polar surface area (TPSA) is 83.4 Å². The number of para-hydroxylation sites is 1. The van der Waals surface area contributed by atoms with Crippen molar-refractivity contribution in [2.45, 2.75) is 12.8 Å². The molecule has 5 heterocycles. The molecule has 7 rings (SSSR count). The molecular formula is C34H29FeN5. The van der Waals surface area contributed by atoms with Gasteiger partial charge in [0.05, 0.1) is 22.8 Å². The van der Waals surface area contributed by atoms with Gasteiger partial charge in [0.1, 0.15) is 0 Å². The smallest absolute Gasteiger partial charge is 0.0659 e. The van der Waals surface area contributed by atoms with Gasteiger partial charge in [-0.1, -0.05) is 48.5 Å². The van der Waals surface area contributed by atoms with Crippen LogP contribution in [0.5, 0.6) is 0 Å². The van der Waals surface area contributed by atoms with Gasteiger partial charge in [0.2, 0.25) is 0 Å². The van der Waals surface area contributed by atoms with Crippen molar-refractivity contribution in [3.05, 3.63) is 137 Å². The number of nitrogens with zero attached hydrogens (tertiary/aromatic N) is 2. The number of rotatable bonds is 3. The van der Waals surface area contributed by atoms with Crippen LogP contribution in [0, 0.1) is 0 Å². The average molecular weight is 563 g/mol. The number of H-pyrrole nitrogens is 2. The summed E-state index contributed by atoms with van der Waals surface area (Å²) in [6.07, 6.45) is 10.1. The summed E-state index contributed by atoms with van der Waals surface area (Å²) in [6.45, 7) is 0. The third kappa shape index (κ3) is 6.86. The molecule has 8 bridgehead atoms. The molecule has 2 aromatic carbocycles. The second-order valence-electron chi connectivity index (χ2n) is 9.59. The number of fused-ring (bicyclic) bond motifs is 8. The summed E-state index contributed by atoms with van der Waals surface area (Å²) in [5, 5.41) is 0. The summed E-state index contributed by atoms with van der Waals surface area (Å²) in [5.41, 5.74) is 17.2. The first-order chi connectivity index (χ1) is 19.2. The quantitative estimate of drug-likeness (QED) is 0.152. The Morgan fingerprint density at radius 3 is 1.52 bits per heavy atom. The van der Waals surface area contributed by atoms with Crippen LogP contribution in [0.3, 0.4) is 0 Å². The van der Waals surface area contributed by atoms with E-state index in [1.807, 2.05) is 66.8 Å². The van der Waals surface area contributed by atoms with E-state index < -0.39 is 0 Å². The zero-order valence-electron chi connectivity index (χ0n) is 21.9. The first-order valence-electron chi connectivity index (χ1n) is 13.1. The van der Waals surface area contributed by atoms with E-state index in [2.05, 4.69) is 80.6 Å². The van der Waals surface area contributed by atoms with Crippen LogP contribution in [0.25, 0.3) is 46.4 Å². The van der Waals surface area contributed by atoms with E-state index in [-0.39, 0.29) is 17.1 Å². The Bertz CT molecular complexity index is 1740. The summed E-state index contributed by atoms with van der Waals surface area (Å²) < 4.78 is 0. The molecule has 4 N–H and O–H groups in total. The van der Waals surface area contributed by atoms with Crippen LogP contribution in [0.15, 0.2) is 103 Å². The van der Waals surface area contributed by atoms with Crippen molar-refractivity contribution >= 4 is 52.1 Å². The summed E-state index contributed by atoms with van der Waals surface area (Å²) in [7, 11) is 0. The Morgan fingerprint density at radius 1 is 0.500 bits per heavy atom. The minimum absolute atomic E-state index is 0. The van der Waals surface area contributed by atoms with Gasteiger partial charge in [-0.3, -0.25) is 0 Å². The molecule has 2 aliphatic rings. The van der Waals surface area contributed by atoms with E-state index in [0.29, 0.717) is 0 Å². The molecule has 0 saturated carbocycles. The first kappa shape index (κ1) is 26.9. The SMILES string of the molecule is C1=Cc2cc3ccc(cc4ccc(cc5nc(cc1n2)C=C5)[nH]4)[nH]3.Nc1ccccc1CCc1ccccc1.[Fe]. The van der Waals surface area contributed by atoms with Crippen LogP contribution in [0.2, 0.25) is 0 Å². The van der Waals surface area contributed by atoms with Gasteiger partial charge in [-0.25, -0.2) is 9.97 Å². The molecule has 0 spiro atoms. The predicted molar refractivity (Wildman–Crippen MR) is 164 cm³/mol. The van der Waals surface area contributed by atoms with Crippen molar-refractivity contribution in [3.8, 4) is 0 Å². The maximum atomic E-state index is 5.88. The number of hydrogen-bond acceptors (Lipinski definition) is 3. The Labute approximate surface area is 244 Å². The maximum Gasteiger partial charge on any atom is 0.0659 e. The molecule has 0 fully saturated rings. The van der Waals surface area contributed by atoms with E-state index in [1.165, 1.54) is 11.1 Å². The van der Waals surface area contributed by atoms with Crippen LogP contribution >= 0.6 is 0 Å². The summed E-state index contributed by atoms with van der Waals surface area (Å²) in [5.74, 6) is 0. The monoisotopic (exact) mass is 563 g/mol. The van der Waals surface area contributed by atoms with Crippen molar-refractivity contribution in [2.24, 2.45) is 0 Å². The Kier molecular flexibility index (Phi) is 8.41. The number of hydrogen-bond donors (Lipinski definition) is 3. The van der Waals surface area contributed by atoms with Gasteiger partial charge in [-0.05, 0) is 103 Å². The number of anilines is 1. The van der Waals surface area contributed by atoms with Gasteiger partial charge in [0.15, 0.2) is 0 Å². The molecular weight excluding hydrogens is 534 g/mol. The molecule has 0 atom stereocenters. The van der Waals surface area contributed by atoms with E-state index in [1.54, 1.807) is 0 Å². The maximum absolute atomic E-state index is 5.88. The molecule has 5 aromatic rings. The van der Waals surface area contributed by atoms with E-state index >= 15 is 0 Å².